The summed E-state index contributed by atoms with van der Waals surface area (Å²) in [5.74, 6) is -0.158. The lowest BCUT2D eigenvalue weighted by Crippen LogP contribution is -2.46. The summed E-state index contributed by atoms with van der Waals surface area (Å²) >= 11 is 0.966. The number of methoxy groups -OCH3 is 1. The third-order valence-corrected chi connectivity index (χ3v) is 8.59. The van der Waals surface area contributed by atoms with Gasteiger partial charge in [-0.2, -0.15) is 4.37 Å². The van der Waals surface area contributed by atoms with Crippen molar-refractivity contribution in [1.82, 2.24) is 9.69 Å². The lowest BCUT2D eigenvalue weighted by molar-refractivity contribution is -0.123. The Bertz CT molecular complexity index is 1530. The van der Waals surface area contributed by atoms with Crippen molar-refractivity contribution in [2.24, 2.45) is 0 Å². The molecule has 3 aromatic carbocycles. The number of amides is 2. The summed E-state index contributed by atoms with van der Waals surface area (Å²) in [6.45, 7) is 4.20. The Morgan fingerprint density at radius 2 is 1.60 bits per heavy atom. The largest absolute Gasteiger partial charge is 0.497 e. The first-order valence-electron chi connectivity index (χ1n) is 14.2. The van der Waals surface area contributed by atoms with Crippen LogP contribution in [0.4, 0.5) is 15.8 Å². The van der Waals surface area contributed by atoms with Crippen molar-refractivity contribution in [2.75, 3.05) is 17.7 Å². The normalized spacial score (nSPS) is 14.1. The highest BCUT2D eigenvalue weighted by atomic mass is 32.1. The number of nitrogens with one attached hydrogen (secondary N) is 1. The first-order chi connectivity index (χ1) is 20.3. The number of aromatic nitrogens is 1. The Hall–Kier alpha value is -4.24. The van der Waals surface area contributed by atoms with Gasteiger partial charge in [-0.1, -0.05) is 51.0 Å². The van der Waals surface area contributed by atoms with Crippen LogP contribution >= 0.6 is 11.5 Å². The van der Waals surface area contributed by atoms with E-state index >= 15 is 0 Å². The molecule has 0 unspecified atom stereocenters. The number of anilines is 2. The average molecular weight is 587 g/mol. The van der Waals surface area contributed by atoms with Gasteiger partial charge in [0.05, 0.1) is 12.8 Å². The smallest absolute Gasteiger partial charge is 0.273 e. The van der Waals surface area contributed by atoms with Crippen molar-refractivity contribution in [3.63, 3.8) is 0 Å². The molecule has 1 fully saturated rings. The van der Waals surface area contributed by atoms with Gasteiger partial charge in [0, 0.05) is 17.3 Å². The summed E-state index contributed by atoms with van der Waals surface area (Å²) in [5.41, 5.74) is 10.0. The van der Waals surface area contributed by atoms with Crippen LogP contribution in [0, 0.1) is 5.82 Å². The van der Waals surface area contributed by atoms with Gasteiger partial charge in [0.25, 0.3) is 5.91 Å². The van der Waals surface area contributed by atoms with E-state index in [-0.39, 0.29) is 28.3 Å². The molecule has 1 aromatic heterocycles. The fourth-order valence-corrected chi connectivity index (χ4v) is 6.09. The first kappa shape index (κ1) is 29.3. The molecule has 7 nitrogen and oxygen atoms in total. The molecule has 1 aliphatic rings. The minimum absolute atomic E-state index is 0.0528. The van der Waals surface area contributed by atoms with E-state index in [1.54, 1.807) is 43.5 Å². The molecule has 0 bridgehead atoms. The van der Waals surface area contributed by atoms with Crippen molar-refractivity contribution < 1.29 is 18.7 Å². The van der Waals surface area contributed by atoms with Gasteiger partial charge in [0.2, 0.25) is 5.91 Å². The summed E-state index contributed by atoms with van der Waals surface area (Å²) in [6, 6.07) is 19.7. The molecule has 1 saturated carbocycles. The van der Waals surface area contributed by atoms with E-state index < -0.39 is 11.9 Å². The van der Waals surface area contributed by atoms with Crippen LogP contribution in [0.15, 0.2) is 72.8 Å². The number of hydrogen-bond donors (Lipinski definition) is 2. The molecular formula is C33H35FN4O3S. The standard InChI is InChI=1S/C33H35FN4O3S/c1-20(2)21-10-16-26(17-11-21)38(33(40)31-28(35)29(37-42-31)22-8-14-24(34)15-9-22)30(23-12-18-27(41-3)19-13-23)32(39)36-25-6-4-5-7-25/h8-20,25,30H,4-7,35H2,1-3H3,(H,36,39)/t30-/m0/s1. The zero-order valence-electron chi connectivity index (χ0n) is 24.0. The van der Waals surface area contributed by atoms with Crippen LogP contribution in [0.1, 0.15) is 72.3 Å². The van der Waals surface area contributed by atoms with Gasteiger partial charge < -0.3 is 15.8 Å². The number of carbonyl (C=O) groups is 2. The molecule has 1 heterocycles. The zero-order chi connectivity index (χ0) is 29.8. The monoisotopic (exact) mass is 586 g/mol. The minimum Gasteiger partial charge on any atom is -0.497 e. The highest BCUT2D eigenvalue weighted by molar-refractivity contribution is 7.09. The van der Waals surface area contributed by atoms with Gasteiger partial charge in [-0.15, -0.1) is 0 Å². The number of halogens is 1. The van der Waals surface area contributed by atoms with E-state index in [0.717, 1.165) is 42.8 Å². The molecule has 3 N–H and O–H groups in total. The first-order valence-corrected chi connectivity index (χ1v) is 14.9. The maximum absolute atomic E-state index is 14.5. The maximum atomic E-state index is 14.5. The highest BCUT2D eigenvalue weighted by Crippen LogP contribution is 2.37. The fourth-order valence-electron chi connectivity index (χ4n) is 5.33. The van der Waals surface area contributed by atoms with E-state index in [0.29, 0.717) is 34.2 Å². The van der Waals surface area contributed by atoms with E-state index in [4.69, 9.17) is 10.5 Å². The Morgan fingerprint density at radius 3 is 2.19 bits per heavy atom. The molecule has 42 heavy (non-hydrogen) atoms. The predicted octanol–water partition coefficient (Wildman–Crippen LogP) is 7.11. The number of nitrogen functional groups attached to an aromatic ring is 1. The Balaban J connectivity index is 1.62. The highest BCUT2D eigenvalue weighted by Gasteiger charge is 2.37. The summed E-state index contributed by atoms with van der Waals surface area (Å²) in [7, 11) is 1.58. The molecule has 0 saturated heterocycles. The SMILES string of the molecule is COc1ccc([C@@H](C(=O)NC2CCCC2)N(C(=O)c2snc(-c3ccc(F)cc3)c2N)c2ccc(C(C)C)cc2)cc1. The summed E-state index contributed by atoms with van der Waals surface area (Å²) < 4.78 is 23.4. The molecule has 1 aliphatic carbocycles. The number of nitrogens with zero attached hydrogens (tertiary/aromatic N) is 2. The number of nitrogens with two attached hydrogens (primary N) is 1. The summed E-state index contributed by atoms with van der Waals surface area (Å²) in [6.07, 6.45) is 3.92. The summed E-state index contributed by atoms with van der Waals surface area (Å²) in [5, 5.41) is 3.20. The van der Waals surface area contributed by atoms with Crippen LogP contribution in [-0.2, 0) is 4.79 Å². The van der Waals surface area contributed by atoms with Crippen LogP contribution < -0.4 is 20.7 Å². The van der Waals surface area contributed by atoms with Gasteiger partial charge in [-0.25, -0.2) is 4.39 Å². The zero-order valence-corrected chi connectivity index (χ0v) is 24.8. The fraction of sp³-hybridized carbons (Fsp3) is 0.303. The molecule has 218 valence electrons. The second-order valence-corrected chi connectivity index (χ2v) is 11.6. The number of hydrogen-bond acceptors (Lipinski definition) is 6. The van der Waals surface area contributed by atoms with E-state index in [2.05, 4.69) is 23.5 Å². The minimum atomic E-state index is -0.982. The van der Waals surface area contributed by atoms with Crippen molar-refractivity contribution in [1.29, 1.82) is 0 Å². The topological polar surface area (TPSA) is 97.5 Å². The third kappa shape index (κ3) is 6.16. The number of rotatable bonds is 9. The average Bonchev–Trinajstić information content (AvgIpc) is 3.65. The van der Waals surface area contributed by atoms with Gasteiger partial charge in [-0.05, 0) is 89.9 Å². The summed E-state index contributed by atoms with van der Waals surface area (Å²) in [4.78, 5) is 30.3. The Kier molecular flexibility index (Phi) is 8.87. The van der Waals surface area contributed by atoms with Crippen molar-refractivity contribution in [3.05, 3.63) is 94.6 Å². The lowest BCUT2D eigenvalue weighted by atomic mass is 9.99. The molecule has 5 rings (SSSR count). The molecule has 1 atom stereocenters. The molecule has 0 spiro atoms. The van der Waals surface area contributed by atoms with Crippen molar-refractivity contribution in [2.45, 2.75) is 57.5 Å². The van der Waals surface area contributed by atoms with Crippen LogP contribution in [0.5, 0.6) is 5.75 Å². The second kappa shape index (κ2) is 12.7. The van der Waals surface area contributed by atoms with Crippen LogP contribution in [0.25, 0.3) is 11.3 Å². The number of carbonyl (C=O) groups excluding carboxylic acids is 2. The van der Waals surface area contributed by atoms with Crippen LogP contribution in [0.3, 0.4) is 0 Å². The van der Waals surface area contributed by atoms with Crippen LogP contribution in [0.2, 0.25) is 0 Å². The van der Waals surface area contributed by atoms with Crippen molar-refractivity contribution in [3.8, 4) is 17.0 Å². The predicted molar refractivity (Wildman–Crippen MR) is 165 cm³/mol. The van der Waals surface area contributed by atoms with E-state index in [9.17, 15) is 14.0 Å². The Morgan fingerprint density at radius 1 is 0.976 bits per heavy atom. The quantitative estimate of drug-likeness (QED) is 0.218. The van der Waals surface area contributed by atoms with Gasteiger partial charge in [0.1, 0.15) is 28.2 Å². The number of benzene rings is 3. The molecule has 2 amide bonds. The molecular weight excluding hydrogens is 551 g/mol. The Labute approximate surface area is 249 Å². The molecule has 0 radical (unpaired) electrons. The van der Waals surface area contributed by atoms with E-state index in [1.165, 1.54) is 17.0 Å². The van der Waals surface area contributed by atoms with Gasteiger partial charge in [0.15, 0.2) is 0 Å². The maximum Gasteiger partial charge on any atom is 0.273 e. The molecule has 4 aromatic rings. The third-order valence-electron chi connectivity index (χ3n) is 7.74. The number of ether oxygens (including phenoxy) is 1. The second-order valence-electron chi connectivity index (χ2n) is 10.9. The van der Waals surface area contributed by atoms with Gasteiger partial charge in [-0.3, -0.25) is 14.5 Å². The van der Waals surface area contributed by atoms with Gasteiger partial charge >= 0.3 is 0 Å². The van der Waals surface area contributed by atoms with Crippen molar-refractivity contribution >= 4 is 34.7 Å². The molecule has 0 aliphatic heterocycles. The van der Waals surface area contributed by atoms with Crippen LogP contribution in [-0.4, -0.2) is 29.3 Å². The lowest BCUT2D eigenvalue weighted by Gasteiger charge is -2.32. The molecule has 9 heteroatoms. The van der Waals surface area contributed by atoms with E-state index in [1.807, 2.05) is 24.3 Å².